The van der Waals surface area contributed by atoms with Crippen molar-refractivity contribution in [3.05, 3.63) is 89.0 Å². The molecule has 26 heavy (non-hydrogen) atoms. The van der Waals surface area contributed by atoms with Crippen molar-refractivity contribution in [3.8, 4) is 0 Å². The Bertz CT molecular complexity index is 938. The molecule has 1 aliphatic heterocycles. The van der Waals surface area contributed by atoms with Crippen LogP contribution in [0, 0.1) is 5.82 Å². The summed E-state index contributed by atoms with van der Waals surface area (Å²) in [5, 5.41) is 4.44. The molecule has 1 atom stereocenters. The van der Waals surface area contributed by atoms with Crippen molar-refractivity contribution in [3.63, 3.8) is 0 Å². The summed E-state index contributed by atoms with van der Waals surface area (Å²) in [5.41, 5.74) is 2.92. The second-order valence-corrected chi connectivity index (χ2v) is 7.04. The van der Waals surface area contributed by atoms with E-state index in [2.05, 4.69) is 27.0 Å². The Morgan fingerprint density at radius 3 is 2.65 bits per heavy atom. The minimum Gasteiger partial charge on any atom is -0.348 e. The third-order valence-electron chi connectivity index (χ3n) is 4.56. The molecule has 0 spiro atoms. The standard InChI is InChI=1S/C20H17ClFN3S/c21-15-8-6-14(7-9-15)19-18-5-2-10-24(18)11-12-25(19)20(26)23-17-4-1-3-16(22)13-17/h1-10,13,19H,11-12H2,(H,23,26). The van der Waals surface area contributed by atoms with Gasteiger partial charge in [0.1, 0.15) is 5.82 Å². The zero-order valence-electron chi connectivity index (χ0n) is 13.9. The molecule has 0 fully saturated rings. The number of fused-ring (bicyclic) bond motifs is 1. The van der Waals surface area contributed by atoms with E-state index in [0.717, 1.165) is 18.7 Å². The van der Waals surface area contributed by atoms with Crippen LogP contribution in [-0.4, -0.2) is 21.1 Å². The number of thiocarbonyl (C=S) groups is 1. The van der Waals surface area contributed by atoms with E-state index in [-0.39, 0.29) is 11.9 Å². The summed E-state index contributed by atoms with van der Waals surface area (Å²) in [5.74, 6) is -0.292. The highest BCUT2D eigenvalue weighted by Crippen LogP contribution is 2.33. The van der Waals surface area contributed by atoms with Gasteiger partial charge in [0.25, 0.3) is 0 Å². The molecule has 0 saturated heterocycles. The van der Waals surface area contributed by atoms with Crippen molar-refractivity contribution in [2.75, 3.05) is 11.9 Å². The zero-order valence-corrected chi connectivity index (χ0v) is 15.5. The Morgan fingerprint density at radius 1 is 1.08 bits per heavy atom. The Kier molecular flexibility index (Phi) is 4.66. The van der Waals surface area contributed by atoms with Gasteiger partial charge in [-0.1, -0.05) is 29.8 Å². The summed E-state index contributed by atoms with van der Waals surface area (Å²) in [4.78, 5) is 2.14. The number of halogens is 2. The topological polar surface area (TPSA) is 20.2 Å². The number of aromatic nitrogens is 1. The normalized spacial score (nSPS) is 16.2. The van der Waals surface area contributed by atoms with Crippen LogP contribution in [0.15, 0.2) is 66.9 Å². The van der Waals surface area contributed by atoms with Crippen molar-refractivity contribution in [2.45, 2.75) is 12.6 Å². The van der Waals surface area contributed by atoms with Crippen molar-refractivity contribution in [1.82, 2.24) is 9.47 Å². The first kappa shape index (κ1) is 17.1. The van der Waals surface area contributed by atoms with E-state index >= 15 is 0 Å². The van der Waals surface area contributed by atoms with Gasteiger partial charge in [-0.2, -0.15) is 0 Å². The van der Waals surface area contributed by atoms with Crippen LogP contribution < -0.4 is 5.32 Å². The van der Waals surface area contributed by atoms with Crippen molar-refractivity contribution >= 4 is 34.6 Å². The number of hydrogen-bond donors (Lipinski definition) is 1. The number of nitrogens with one attached hydrogen (secondary N) is 1. The monoisotopic (exact) mass is 385 g/mol. The largest absolute Gasteiger partial charge is 0.348 e. The molecule has 3 nitrogen and oxygen atoms in total. The van der Waals surface area contributed by atoms with Gasteiger partial charge < -0.3 is 14.8 Å². The van der Waals surface area contributed by atoms with Gasteiger partial charge in [-0.3, -0.25) is 0 Å². The molecular weight excluding hydrogens is 369 g/mol. The summed E-state index contributed by atoms with van der Waals surface area (Å²) in [6.45, 7) is 1.60. The van der Waals surface area contributed by atoms with Crippen LogP contribution >= 0.6 is 23.8 Å². The summed E-state index contributed by atoms with van der Waals surface area (Å²) < 4.78 is 15.7. The minimum atomic E-state index is -0.292. The van der Waals surface area contributed by atoms with Gasteiger partial charge in [0, 0.05) is 35.7 Å². The Hall–Kier alpha value is -2.37. The second kappa shape index (κ2) is 7.09. The molecule has 0 aliphatic carbocycles. The van der Waals surface area contributed by atoms with Gasteiger partial charge in [-0.05, 0) is 60.2 Å². The predicted molar refractivity (Wildman–Crippen MR) is 107 cm³/mol. The molecule has 1 aromatic heterocycles. The average Bonchev–Trinajstić information content (AvgIpc) is 3.10. The fourth-order valence-electron chi connectivity index (χ4n) is 3.36. The number of rotatable bonds is 2. The summed E-state index contributed by atoms with van der Waals surface area (Å²) in [6.07, 6.45) is 2.08. The quantitative estimate of drug-likeness (QED) is 0.621. The highest BCUT2D eigenvalue weighted by molar-refractivity contribution is 7.80. The first-order chi connectivity index (χ1) is 12.6. The van der Waals surface area contributed by atoms with E-state index in [9.17, 15) is 4.39 Å². The summed E-state index contributed by atoms with van der Waals surface area (Å²) >= 11 is 11.7. The first-order valence-electron chi connectivity index (χ1n) is 8.35. The van der Waals surface area contributed by atoms with E-state index in [0.29, 0.717) is 15.8 Å². The Morgan fingerprint density at radius 2 is 1.88 bits per heavy atom. The van der Waals surface area contributed by atoms with Gasteiger partial charge in [0.15, 0.2) is 5.11 Å². The van der Waals surface area contributed by atoms with Crippen molar-refractivity contribution < 1.29 is 4.39 Å². The number of nitrogens with zero attached hydrogens (tertiary/aromatic N) is 2. The van der Waals surface area contributed by atoms with Gasteiger partial charge >= 0.3 is 0 Å². The van der Waals surface area contributed by atoms with Crippen molar-refractivity contribution in [1.29, 1.82) is 0 Å². The summed E-state index contributed by atoms with van der Waals surface area (Å²) in [6, 6.07) is 18.3. The maximum Gasteiger partial charge on any atom is 0.174 e. The van der Waals surface area contributed by atoms with Crippen molar-refractivity contribution in [2.24, 2.45) is 0 Å². The molecule has 1 aliphatic rings. The van der Waals surface area contributed by atoms with Crippen LogP contribution in [-0.2, 0) is 6.54 Å². The highest BCUT2D eigenvalue weighted by Gasteiger charge is 2.30. The number of hydrogen-bond acceptors (Lipinski definition) is 1. The van der Waals surface area contributed by atoms with Crippen LogP contribution in [0.5, 0.6) is 0 Å². The van der Waals surface area contributed by atoms with Crippen LogP contribution in [0.4, 0.5) is 10.1 Å². The molecule has 0 amide bonds. The molecule has 132 valence electrons. The third-order valence-corrected chi connectivity index (χ3v) is 5.15. The molecule has 0 saturated carbocycles. The van der Waals surface area contributed by atoms with Crippen LogP contribution in [0.25, 0.3) is 0 Å². The van der Waals surface area contributed by atoms with E-state index < -0.39 is 0 Å². The Labute approximate surface area is 162 Å². The Balaban J connectivity index is 1.67. The number of benzene rings is 2. The lowest BCUT2D eigenvalue weighted by Crippen LogP contribution is -2.44. The van der Waals surface area contributed by atoms with Crippen LogP contribution in [0.2, 0.25) is 5.02 Å². The first-order valence-corrected chi connectivity index (χ1v) is 9.14. The minimum absolute atomic E-state index is 0.0235. The molecule has 0 bridgehead atoms. The maximum absolute atomic E-state index is 13.5. The lowest BCUT2D eigenvalue weighted by Gasteiger charge is -2.39. The van der Waals surface area contributed by atoms with Gasteiger partial charge in [-0.25, -0.2) is 4.39 Å². The molecule has 6 heteroatoms. The van der Waals surface area contributed by atoms with E-state index in [1.54, 1.807) is 12.1 Å². The van der Waals surface area contributed by atoms with E-state index in [4.69, 9.17) is 23.8 Å². The van der Waals surface area contributed by atoms with E-state index in [1.165, 1.54) is 17.8 Å². The lowest BCUT2D eigenvalue weighted by atomic mass is 10.0. The molecule has 1 unspecified atom stereocenters. The molecule has 2 aromatic carbocycles. The number of anilines is 1. The van der Waals surface area contributed by atoms with E-state index in [1.807, 2.05) is 30.3 Å². The fourth-order valence-corrected chi connectivity index (χ4v) is 3.80. The molecule has 2 heterocycles. The predicted octanol–water partition coefficient (Wildman–Crippen LogP) is 5.08. The van der Waals surface area contributed by atoms with Crippen LogP contribution in [0.3, 0.4) is 0 Å². The zero-order chi connectivity index (χ0) is 18.1. The maximum atomic E-state index is 13.5. The lowest BCUT2D eigenvalue weighted by molar-refractivity contribution is 0.293. The molecule has 4 rings (SSSR count). The van der Waals surface area contributed by atoms with Gasteiger partial charge in [0.2, 0.25) is 0 Å². The average molecular weight is 386 g/mol. The highest BCUT2D eigenvalue weighted by atomic mass is 35.5. The third kappa shape index (κ3) is 3.32. The molecular formula is C20H17ClFN3S. The smallest absolute Gasteiger partial charge is 0.174 e. The SMILES string of the molecule is Fc1cccc(NC(=S)N2CCn3cccc3C2c2ccc(Cl)cc2)c1. The molecule has 0 radical (unpaired) electrons. The summed E-state index contributed by atoms with van der Waals surface area (Å²) in [7, 11) is 0. The molecule has 1 N–H and O–H groups in total. The van der Waals surface area contributed by atoms with Gasteiger partial charge in [0.05, 0.1) is 6.04 Å². The van der Waals surface area contributed by atoms with Gasteiger partial charge in [-0.15, -0.1) is 0 Å². The second-order valence-electron chi connectivity index (χ2n) is 6.21. The van der Waals surface area contributed by atoms with Crippen LogP contribution in [0.1, 0.15) is 17.3 Å². The fraction of sp³-hybridized carbons (Fsp3) is 0.150. The molecule has 3 aromatic rings.